The van der Waals surface area contributed by atoms with Crippen molar-refractivity contribution in [1.29, 1.82) is 0 Å². The summed E-state index contributed by atoms with van der Waals surface area (Å²) in [6, 6.07) is 13.2. The molecule has 2 amide bonds. The fraction of sp³-hybridized carbons (Fsp3) is 0.333. The van der Waals surface area contributed by atoms with Crippen LogP contribution in [-0.4, -0.2) is 45.4 Å². The molecule has 9 nitrogen and oxygen atoms in total. The Hall–Kier alpha value is -4.28. The van der Waals surface area contributed by atoms with Crippen molar-refractivity contribution in [3.63, 3.8) is 0 Å². The van der Waals surface area contributed by atoms with E-state index in [1.165, 1.54) is 34.0 Å². The average Bonchev–Trinajstić information content (AvgIpc) is 3.46. The number of anilines is 3. The van der Waals surface area contributed by atoms with Crippen LogP contribution >= 0.6 is 11.3 Å². The molecule has 1 aromatic carbocycles. The molecule has 1 saturated heterocycles. The molecule has 3 aromatic heterocycles. The van der Waals surface area contributed by atoms with Crippen molar-refractivity contribution in [2.24, 2.45) is 12.8 Å². The molecule has 2 aliphatic rings. The van der Waals surface area contributed by atoms with Gasteiger partial charge in [0.05, 0.1) is 10.4 Å². The maximum atomic E-state index is 13.2. The van der Waals surface area contributed by atoms with Crippen LogP contribution in [0.1, 0.15) is 61.7 Å². The highest BCUT2D eigenvalue weighted by Gasteiger charge is 2.22. The van der Waals surface area contributed by atoms with Gasteiger partial charge in [0.15, 0.2) is 0 Å². The molecule has 1 aliphatic heterocycles. The largest absolute Gasteiger partial charge is 0.338 e. The predicted octanol–water partition coefficient (Wildman–Crippen LogP) is 5.26. The van der Waals surface area contributed by atoms with Gasteiger partial charge in [0, 0.05) is 54.7 Å². The SMILES string of the molecule is Cc1c(NC(=O)c2cc3c(s2)CCCC3)cccc1-c1cc(Nc2ccc(C(=O)N3CCC(N)CC3)cn2)c(=O)n(C)c1. The quantitative estimate of drug-likeness (QED) is 0.279. The summed E-state index contributed by atoms with van der Waals surface area (Å²) in [5.74, 6) is 0.298. The average molecular weight is 597 g/mol. The first-order valence-corrected chi connectivity index (χ1v) is 15.6. The lowest BCUT2D eigenvalue weighted by molar-refractivity contribution is 0.0714. The summed E-state index contributed by atoms with van der Waals surface area (Å²) in [5, 5.41) is 6.24. The van der Waals surface area contributed by atoms with Crippen molar-refractivity contribution in [2.75, 3.05) is 23.7 Å². The number of nitrogens with one attached hydrogen (secondary N) is 2. The number of fused-ring (bicyclic) bond motifs is 1. The van der Waals surface area contributed by atoms with E-state index in [1.54, 1.807) is 47.7 Å². The molecule has 0 spiro atoms. The molecule has 0 atom stereocenters. The first-order chi connectivity index (χ1) is 20.8. The zero-order valence-electron chi connectivity index (χ0n) is 24.5. The van der Waals surface area contributed by atoms with Crippen molar-refractivity contribution in [3.05, 3.63) is 91.7 Å². The number of amides is 2. The van der Waals surface area contributed by atoms with Crippen LogP contribution in [0, 0.1) is 6.92 Å². The third-order valence-corrected chi connectivity index (χ3v) is 9.63. The molecule has 222 valence electrons. The number of rotatable bonds is 6. The van der Waals surface area contributed by atoms with Crippen LogP contribution in [0.2, 0.25) is 0 Å². The monoisotopic (exact) mass is 596 g/mol. The number of nitrogens with two attached hydrogens (primary N) is 1. The first kappa shape index (κ1) is 28.8. The molecule has 0 bridgehead atoms. The van der Waals surface area contributed by atoms with E-state index in [4.69, 9.17) is 5.73 Å². The minimum Gasteiger partial charge on any atom is -0.338 e. The van der Waals surface area contributed by atoms with Crippen LogP contribution in [0.25, 0.3) is 11.1 Å². The molecule has 1 fully saturated rings. The minimum atomic E-state index is -0.209. The lowest BCUT2D eigenvalue weighted by atomic mass is 9.99. The van der Waals surface area contributed by atoms with Gasteiger partial charge < -0.3 is 25.8 Å². The fourth-order valence-electron chi connectivity index (χ4n) is 5.84. The van der Waals surface area contributed by atoms with Crippen LogP contribution < -0.4 is 21.9 Å². The third kappa shape index (κ3) is 6.11. The van der Waals surface area contributed by atoms with Crippen molar-refractivity contribution >= 4 is 40.3 Å². The number of pyridine rings is 2. The Morgan fingerprint density at radius 2 is 1.84 bits per heavy atom. The molecule has 43 heavy (non-hydrogen) atoms. The van der Waals surface area contributed by atoms with Gasteiger partial charge in [-0.15, -0.1) is 11.3 Å². The number of benzene rings is 1. The molecule has 0 unspecified atom stereocenters. The number of likely N-dealkylation sites (tertiary alicyclic amines) is 1. The summed E-state index contributed by atoms with van der Waals surface area (Å²) in [6.07, 6.45) is 9.37. The molecular formula is C33H36N6O3S. The number of aryl methyl sites for hydroxylation is 3. The van der Waals surface area contributed by atoms with Crippen LogP contribution in [0.5, 0.6) is 0 Å². The Morgan fingerprint density at radius 3 is 2.58 bits per heavy atom. The maximum absolute atomic E-state index is 13.2. The van der Waals surface area contributed by atoms with E-state index in [1.807, 2.05) is 31.2 Å². The van der Waals surface area contributed by atoms with Gasteiger partial charge >= 0.3 is 0 Å². The standard InChI is InChI=1S/C33H36N6O3S/c1-20-25(7-5-8-26(20)37-31(40)29-17-21-6-3-4-9-28(21)43-29)23-16-27(33(42)38(2)19-23)36-30-11-10-22(18-35-30)32(41)39-14-12-24(34)13-15-39/h5,7-8,10-11,16-19,24H,3-4,6,9,12-15,34H2,1-2H3,(H,35,36)(H,37,40). The molecule has 1 aliphatic carbocycles. The van der Waals surface area contributed by atoms with Crippen LogP contribution in [0.15, 0.2) is 59.7 Å². The van der Waals surface area contributed by atoms with E-state index in [9.17, 15) is 14.4 Å². The van der Waals surface area contributed by atoms with Gasteiger partial charge in [-0.2, -0.15) is 0 Å². The van der Waals surface area contributed by atoms with Gasteiger partial charge in [-0.05, 0) is 92.5 Å². The molecule has 10 heteroatoms. The Balaban J connectivity index is 1.20. The highest BCUT2D eigenvalue weighted by atomic mass is 32.1. The Bertz CT molecular complexity index is 1710. The van der Waals surface area contributed by atoms with Gasteiger partial charge in [-0.1, -0.05) is 12.1 Å². The summed E-state index contributed by atoms with van der Waals surface area (Å²) in [6.45, 7) is 3.25. The van der Waals surface area contributed by atoms with Crippen LogP contribution in [0.3, 0.4) is 0 Å². The molecule has 6 rings (SSSR count). The minimum absolute atomic E-state index is 0.0648. The molecule has 4 heterocycles. The number of hydrogen-bond acceptors (Lipinski definition) is 7. The summed E-state index contributed by atoms with van der Waals surface area (Å²) in [7, 11) is 1.70. The van der Waals surface area contributed by atoms with E-state index in [0.29, 0.717) is 30.2 Å². The summed E-state index contributed by atoms with van der Waals surface area (Å²) < 4.78 is 1.53. The Kier molecular flexibility index (Phi) is 8.14. The summed E-state index contributed by atoms with van der Waals surface area (Å²) in [5.41, 5.74) is 11.3. The highest BCUT2D eigenvalue weighted by molar-refractivity contribution is 7.14. The van der Waals surface area contributed by atoms with E-state index < -0.39 is 0 Å². The van der Waals surface area contributed by atoms with Gasteiger partial charge in [-0.3, -0.25) is 14.4 Å². The second kappa shape index (κ2) is 12.1. The summed E-state index contributed by atoms with van der Waals surface area (Å²) >= 11 is 1.60. The second-order valence-corrected chi connectivity index (χ2v) is 12.6. The number of piperidine rings is 1. The smallest absolute Gasteiger partial charge is 0.274 e. The van der Waals surface area contributed by atoms with E-state index in [2.05, 4.69) is 15.6 Å². The van der Waals surface area contributed by atoms with Crippen LogP contribution in [-0.2, 0) is 19.9 Å². The zero-order chi connectivity index (χ0) is 30.1. The maximum Gasteiger partial charge on any atom is 0.274 e. The van der Waals surface area contributed by atoms with E-state index >= 15 is 0 Å². The van der Waals surface area contributed by atoms with Crippen molar-refractivity contribution < 1.29 is 9.59 Å². The van der Waals surface area contributed by atoms with Gasteiger partial charge in [0.25, 0.3) is 17.4 Å². The lowest BCUT2D eigenvalue weighted by Gasteiger charge is -2.30. The number of nitrogens with zero attached hydrogens (tertiary/aromatic N) is 3. The van der Waals surface area contributed by atoms with Crippen molar-refractivity contribution in [2.45, 2.75) is 51.5 Å². The number of carbonyl (C=O) groups is 2. The van der Waals surface area contributed by atoms with Crippen LogP contribution in [0.4, 0.5) is 17.2 Å². The molecule has 0 saturated carbocycles. The predicted molar refractivity (Wildman–Crippen MR) is 171 cm³/mol. The summed E-state index contributed by atoms with van der Waals surface area (Å²) in [4.78, 5) is 47.4. The van der Waals surface area contributed by atoms with Gasteiger partial charge in [-0.25, -0.2) is 4.98 Å². The Labute approximate surface area is 254 Å². The molecule has 4 aromatic rings. The highest BCUT2D eigenvalue weighted by Crippen LogP contribution is 2.32. The van der Waals surface area contributed by atoms with Gasteiger partial charge in [0.2, 0.25) is 0 Å². The molecular weight excluding hydrogens is 560 g/mol. The van der Waals surface area contributed by atoms with Crippen molar-refractivity contribution in [3.8, 4) is 11.1 Å². The van der Waals surface area contributed by atoms with E-state index in [0.717, 1.165) is 52.9 Å². The number of hydrogen-bond donors (Lipinski definition) is 3. The lowest BCUT2D eigenvalue weighted by Crippen LogP contribution is -2.42. The number of carbonyl (C=O) groups excluding carboxylic acids is 2. The zero-order valence-corrected chi connectivity index (χ0v) is 25.3. The second-order valence-electron chi connectivity index (χ2n) is 11.4. The number of aromatic nitrogens is 2. The fourth-order valence-corrected chi connectivity index (χ4v) is 6.99. The van der Waals surface area contributed by atoms with Gasteiger partial charge in [0.1, 0.15) is 11.5 Å². The Morgan fingerprint density at radius 1 is 1.05 bits per heavy atom. The number of thiophene rings is 1. The van der Waals surface area contributed by atoms with E-state index in [-0.39, 0.29) is 23.4 Å². The third-order valence-electron chi connectivity index (χ3n) is 8.40. The normalized spacial score (nSPS) is 15.2. The van der Waals surface area contributed by atoms with Crippen molar-refractivity contribution in [1.82, 2.24) is 14.5 Å². The molecule has 4 N–H and O–H groups in total. The first-order valence-electron chi connectivity index (χ1n) is 14.8. The molecule has 0 radical (unpaired) electrons. The topological polar surface area (TPSA) is 122 Å².